The van der Waals surface area contributed by atoms with E-state index in [2.05, 4.69) is 15.3 Å². The molecule has 0 spiro atoms. The molecule has 1 heterocycles. The second-order valence-electron chi connectivity index (χ2n) is 4.74. The number of thioether (sulfide) groups is 1. The van der Waals surface area contributed by atoms with E-state index in [4.69, 9.17) is 4.74 Å². The van der Waals surface area contributed by atoms with Gasteiger partial charge in [0.05, 0.1) is 12.6 Å². The molecular formula is C17H17N3OS. The SMILES string of the molecule is COc1ccccc1CNc1nc(SC)nc2ccccc12. The smallest absolute Gasteiger partial charge is 0.189 e. The molecule has 1 N–H and O–H groups in total. The van der Waals surface area contributed by atoms with Gasteiger partial charge >= 0.3 is 0 Å². The van der Waals surface area contributed by atoms with Gasteiger partial charge in [-0.15, -0.1) is 0 Å². The van der Waals surface area contributed by atoms with E-state index in [1.165, 1.54) is 0 Å². The number of benzene rings is 2. The minimum absolute atomic E-state index is 0.652. The Morgan fingerprint density at radius 2 is 1.82 bits per heavy atom. The van der Waals surface area contributed by atoms with Crippen molar-refractivity contribution in [1.82, 2.24) is 9.97 Å². The van der Waals surface area contributed by atoms with Crippen molar-refractivity contribution in [2.75, 3.05) is 18.7 Å². The van der Waals surface area contributed by atoms with Crippen molar-refractivity contribution >= 4 is 28.5 Å². The Kier molecular flexibility index (Phi) is 4.44. The summed E-state index contributed by atoms with van der Waals surface area (Å²) in [5.41, 5.74) is 2.04. The van der Waals surface area contributed by atoms with Gasteiger partial charge in [-0.25, -0.2) is 9.97 Å². The molecule has 0 radical (unpaired) electrons. The first-order valence-corrected chi connectivity index (χ1v) is 8.21. The summed E-state index contributed by atoms with van der Waals surface area (Å²) >= 11 is 1.54. The van der Waals surface area contributed by atoms with E-state index in [1.54, 1.807) is 18.9 Å². The van der Waals surface area contributed by atoms with Crippen molar-refractivity contribution in [3.63, 3.8) is 0 Å². The lowest BCUT2D eigenvalue weighted by atomic mass is 10.2. The minimum atomic E-state index is 0.652. The maximum atomic E-state index is 5.39. The van der Waals surface area contributed by atoms with Crippen molar-refractivity contribution in [1.29, 1.82) is 0 Å². The second kappa shape index (κ2) is 6.66. The summed E-state index contributed by atoms with van der Waals surface area (Å²) in [7, 11) is 1.69. The molecule has 0 bridgehead atoms. The highest BCUT2D eigenvalue weighted by molar-refractivity contribution is 7.98. The predicted molar refractivity (Wildman–Crippen MR) is 91.6 cm³/mol. The number of nitrogens with zero attached hydrogens (tertiary/aromatic N) is 2. The van der Waals surface area contributed by atoms with Crippen LogP contribution in [-0.4, -0.2) is 23.3 Å². The maximum Gasteiger partial charge on any atom is 0.189 e. The number of para-hydroxylation sites is 2. The monoisotopic (exact) mass is 311 g/mol. The molecule has 3 rings (SSSR count). The first-order valence-electron chi connectivity index (χ1n) is 6.98. The number of fused-ring (bicyclic) bond motifs is 1. The van der Waals surface area contributed by atoms with Crippen LogP contribution in [0.25, 0.3) is 10.9 Å². The van der Waals surface area contributed by atoms with Crippen LogP contribution in [0.5, 0.6) is 5.75 Å². The van der Waals surface area contributed by atoms with Gasteiger partial charge < -0.3 is 10.1 Å². The van der Waals surface area contributed by atoms with Gasteiger partial charge in [0.2, 0.25) is 0 Å². The lowest BCUT2D eigenvalue weighted by molar-refractivity contribution is 0.410. The average molecular weight is 311 g/mol. The molecular weight excluding hydrogens is 294 g/mol. The number of anilines is 1. The van der Waals surface area contributed by atoms with Crippen LogP contribution in [0.15, 0.2) is 53.7 Å². The third-order valence-electron chi connectivity index (χ3n) is 3.40. The Morgan fingerprint density at radius 1 is 1.05 bits per heavy atom. The summed E-state index contributed by atoms with van der Waals surface area (Å²) in [6.45, 7) is 0.652. The summed E-state index contributed by atoms with van der Waals surface area (Å²) in [4.78, 5) is 9.12. The largest absolute Gasteiger partial charge is 0.496 e. The topological polar surface area (TPSA) is 47.0 Å². The van der Waals surface area contributed by atoms with E-state index in [0.717, 1.165) is 33.2 Å². The first kappa shape index (κ1) is 14.7. The number of methoxy groups -OCH3 is 1. The fraction of sp³-hybridized carbons (Fsp3) is 0.176. The van der Waals surface area contributed by atoms with E-state index in [9.17, 15) is 0 Å². The zero-order valence-corrected chi connectivity index (χ0v) is 13.4. The zero-order valence-electron chi connectivity index (χ0n) is 12.5. The number of ether oxygens (including phenoxy) is 1. The van der Waals surface area contributed by atoms with Gasteiger partial charge in [-0.3, -0.25) is 0 Å². The second-order valence-corrected chi connectivity index (χ2v) is 5.51. The van der Waals surface area contributed by atoms with Crippen LogP contribution in [0.3, 0.4) is 0 Å². The van der Waals surface area contributed by atoms with Crippen molar-refractivity contribution in [3.05, 3.63) is 54.1 Å². The van der Waals surface area contributed by atoms with E-state index in [0.29, 0.717) is 6.54 Å². The molecule has 0 aliphatic carbocycles. The third-order valence-corrected chi connectivity index (χ3v) is 3.95. The summed E-state index contributed by atoms with van der Waals surface area (Å²) in [5, 5.41) is 5.20. The van der Waals surface area contributed by atoms with Crippen molar-refractivity contribution in [3.8, 4) is 5.75 Å². The minimum Gasteiger partial charge on any atom is -0.496 e. The Hall–Kier alpha value is -2.27. The Bertz CT molecular complexity index is 792. The standard InChI is InChI=1S/C17H17N3OS/c1-21-15-10-6-3-7-12(15)11-18-16-13-8-4-5-9-14(13)19-17(20-16)22-2/h3-10H,11H2,1-2H3,(H,18,19,20). The van der Waals surface area contributed by atoms with Gasteiger partial charge in [0.15, 0.2) is 5.16 Å². The molecule has 5 heteroatoms. The number of aromatic nitrogens is 2. The summed E-state index contributed by atoms with van der Waals surface area (Å²) in [5.74, 6) is 1.72. The molecule has 3 aromatic rings. The van der Waals surface area contributed by atoms with E-state index >= 15 is 0 Å². The number of rotatable bonds is 5. The summed E-state index contributed by atoms with van der Waals surface area (Å²) in [6, 6.07) is 16.0. The molecule has 0 fully saturated rings. The predicted octanol–water partition coefficient (Wildman–Crippen LogP) is 3.97. The molecule has 4 nitrogen and oxygen atoms in total. The van der Waals surface area contributed by atoms with Crippen LogP contribution in [0.2, 0.25) is 0 Å². The van der Waals surface area contributed by atoms with Crippen LogP contribution in [0, 0.1) is 0 Å². The quantitative estimate of drug-likeness (QED) is 0.570. The highest BCUT2D eigenvalue weighted by Crippen LogP contribution is 2.25. The number of hydrogen-bond acceptors (Lipinski definition) is 5. The van der Waals surface area contributed by atoms with Gasteiger partial charge in [0, 0.05) is 17.5 Å². The molecule has 0 amide bonds. The molecule has 0 unspecified atom stereocenters. The molecule has 0 aliphatic rings. The van der Waals surface area contributed by atoms with E-state index < -0.39 is 0 Å². The maximum absolute atomic E-state index is 5.39. The lowest BCUT2D eigenvalue weighted by Gasteiger charge is -2.12. The van der Waals surface area contributed by atoms with Crippen LogP contribution < -0.4 is 10.1 Å². The molecule has 0 saturated heterocycles. The third kappa shape index (κ3) is 2.99. The molecule has 1 aromatic heterocycles. The average Bonchev–Trinajstić information content (AvgIpc) is 2.59. The van der Waals surface area contributed by atoms with Gasteiger partial charge in [0.1, 0.15) is 11.6 Å². The lowest BCUT2D eigenvalue weighted by Crippen LogP contribution is -2.05. The molecule has 0 aliphatic heterocycles. The Balaban J connectivity index is 1.93. The van der Waals surface area contributed by atoms with Gasteiger partial charge in [-0.2, -0.15) is 0 Å². The molecule has 112 valence electrons. The van der Waals surface area contributed by atoms with Crippen molar-refractivity contribution in [2.45, 2.75) is 11.7 Å². The number of nitrogens with one attached hydrogen (secondary N) is 1. The van der Waals surface area contributed by atoms with E-state index in [-0.39, 0.29) is 0 Å². The zero-order chi connectivity index (χ0) is 15.4. The Morgan fingerprint density at radius 3 is 2.64 bits per heavy atom. The molecule has 2 aromatic carbocycles. The molecule has 22 heavy (non-hydrogen) atoms. The van der Waals surface area contributed by atoms with E-state index in [1.807, 2.05) is 54.8 Å². The summed E-state index contributed by atoms with van der Waals surface area (Å²) < 4.78 is 5.39. The van der Waals surface area contributed by atoms with Crippen LogP contribution in [0.1, 0.15) is 5.56 Å². The normalized spacial score (nSPS) is 10.6. The van der Waals surface area contributed by atoms with Crippen molar-refractivity contribution < 1.29 is 4.74 Å². The van der Waals surface area contributed by atoms with Gasteiger partial charge in [0.25, 0.3) is 0 Å². The van der Waals surface area contributed by atoms with Gasteiger partial charge in [-0.1, -0.05) is 42.1 Å². The molecule has 0 atom stereocenters. The van der Waals surface area contributed by atoms with Gasteiger partial charge in [-0.05, 0) is 24.5 Å². The highest BCUT2D eigenvalue weighted by Gasteiger charge is 2.08. The summed E-state index contributed by atoms with van der Waals surface area (Å²) in [6.07, 6.45) is 1.98. The van der Waals surface area contributed by atoms with Crippen LogP contribution >= 0.6 is 11.8 Å². The fourth-order valence-corrected chi connectivity index (χ4v) is 2.68. The molecule has 0 saturated carbocycles. The number of hydrogen-bond donors (Lipinski definition) is 1. The Labute approximate surface area is 133 Å². The van der Waals surface area contributed by atoms with Crippen molar-refractivity contribution in [2.24, 2.45) is 0 Å². The van der Waals surface area contributed by atoms with Crippen LogP contribution in [-0.2, 0) is 6.54 Å². The highest BCUT2D eigenvalue weighted by atomic mass is 32.2. The fourth-order valence-electron chi connectivity index (χ4n) is 2.31. The van der Waals surface area contributed by atoms with Crippen LogP contribution in [0.4, 0.5) is 5.82 Å². The first-order chi connectivity index (χ1) is 10.8.